The molecule has 0 amide bonds. The van der Waals surface area contributed by atoms with E-state index in [4.69, 9.17) is 0 Å². The second-order valence-electron chi connectivity index (χ2n) is 8.70. The monoisotopic (exact) mass is 304 g/mol. The van der Waals surface area contributed by atoms with Crippen LogP contribution in [0.1, 0.15) is 58.8 Å². The first-order valence-corrected chi connectivity index (χ1v) is 8.97. The Balaban J connectivity index is 1.74. The molecule has 0 saturated heterocycles. The zero-order valence-corrected chi connectivity index (χ0v) is 13.7. The van der Waals surface area contributed by atoms with Gasteiger partial charge >= 0.3 is 0 Å². The van der Waals surface area contributed by atoms with Gasteiger partial charge in [-0.1, -0.05) is 25.5 Å². The number of ketones is 1. The standard InChI is InChI=1S/C19H28O3/c1-18-8-7-12(20)9-11(18)3-4-13-14-5-6-16(22)19(14,2)10-15(21)17(13)18/h9,12-15,17,20-21H,3-8,10H2,1-2H3/t12-,13?,14?,15+,17?,18+,19+/m1/s1. The molecule has 3 fully saturated rings. The minimum Gasteiger partial charge on any atom is -0.393 e. The predicted octanol–water partition coefficient (Wildman–Crippen LogP) is 2.85. The van der Waals surface area contributed by atoms with E-state index in [2.05, 4.69) is 19.9 Å². The molecule has 122 valence electrons. The van der Waals surface area contributed by atoms with Crippen LogP contribution in [0, 0.1) is 28.6 Å². The summed E-state index contributed by atoms with van der Waals surface area (Å²) in [6.07, 6.45) is 7.60. The summed E-state index contributed by atoms with van der Waals surface area (Å²) >= 11 is 0. The highest BCUT2D eigenvalue weighted by atomic mass is 16.3. The van der Waals surface area contributed by atoms with Gasteiger partial charge in [0.15, 0.2) is 0 Å². The van der Waals surface area contributed by atoms with E-state index in [0.717, 1.165) is 32.1 Å². The Labute approximate surface area is 132 Å². The van der Waals surface area contributed by atoms with Gasteiger partial charge in [0.05, 0.1) is 12.2 Å². The summed E-state index contributed by atoms with van der Waals surface area (Å²) in [7, 11) is 0. The highest BCUT2D eigenvalue weighted by Crippen LogP contribution is 2.64. The molecule has 0 heterocycles. The molecule has 7 atom stereocenters. The summed E-state index contributed by atoms with van der Waals surface area (Å²) in [4.78, 5) is 12.4. The third-order valence-electron chi connectivity index (χ3n) is 7.73. The summed E-state index contributed by atoms with van der Waals surface area (Å²) in [5.74, 6) is 1.57. The second kappa shape index (κ2) is 4.67. The van der Waals surface area contributed by atoms with Crippen LogP contribution in [-0.4, -0.2) is 28.2 Å². The van der Waals surface area contributed by atoms with Crippen LogP contribution in [0.2, 0.25) is 0 Å². The van der Waals surface area contributed by atoms with Gasteiger partial charge in [-0.2, -0.15) is 0 Å². The molecule has 0 radical (unpaired) electrons. The SMILES string of the molecule is C[C@]12CC[C@@H](O)C=C1CCC1C2[C@@H](O)C[C@]2(C)C(=O)CCC12. The van der Waals surface area contributed by atoms with E-state index in [1.807, 2.05) is 0 Å². The second-order valence-corrected chi connectivity index (χ2v) is 8.70. The molecule has 0 aromatic rings. The highest BCUT2D eigenvalue weighted by molar-refractivity contribution is 5.87. The third kappa shape index (κ3) is 1.78. The van der Waals surface area contributed by atoms with Crippen molar-refractivity contribution in [3.05, 3.63) is 11.6 Å². The molecule has 0 aromatic carbocycles. The molecule has 4 rings (SSSR count). The molecule has 22 heavy (non-hydrogen) atoms. The summed E-state index contributed by atoms with van der Waals surface area (Å²) in [6.45, 7) is 4.40. The predicted molar refractivity (Wildman–Crippen MR) is 84.1 cm³/mol. The van der Waals surface area contributed by atoms with Gasteiger partial charge in [-0.3, -0.25) is 4.79 Å². The van der Waals surface area contributed by atoms with E-state index in [1.165, 1.54) is 5.57 Å². The molecule has 0 aromatic heterocycles. The van der Waals surface area contributed by atoms with E-state index in [-0.39, 0.29) is 29.0 Å². The zero-order valence-electron chi connectivity index (χ0n) is 13.7. The minimum absolute atomic E-state index is 0.0224. The fraction of sp³-hybridized carbons (Fsp3) is 0.842. The molecule has 3 heteroatoms. The Morgan fingerprint density at radius 3 is 2.64 bits per heavy atom. The van der Waals surface area contributed by atoms with Crippen molar-refractivity contribution in [2.24, 2.45) is 28.6 Å². The average molecular weight is 304 g/mol. The number of aliphatic hydroxyl groups excluding tert-OH is 2. The fourth-order valence-corrected chi connectivity index (χ4v) is 6.61. The molecule has 4 aliphatic rings. The lowest BCUT2D eigenvalue weighted by Gasteiger charge is -2.59. The summed E-state index contributed by atoms with van der Waals surface area (Å²) in [5.41, 5.74) is 1.10. The average Bonchev–Trinajstić information content (AvgIpc) is 2.75. The van der Waals surface area contributed by atoms with Gasteiger partial charge < -0.3 is 10.2 Å². The van der Waals surface area contributed by atoms with Gasteiger partial charge in [0.1, 0.15) is 5.78 Å². The van der Waals surface area contributed by atoms with Crippen molar-refractivity contribution in [2.75, 3.05) is 0 Å². The first kappa shape index (κ1) is 14.9. The molecule has 2 N–H and O–H groups in total. The van der Waals surface area contributed by atoms with Crippen LogP contribution in [0.15, 0.2) is 11.6 Å². The van der Waals surface area contributed by atoms with Crippen molar-refractivity contribution < 1.29 is 15.0 Å². The minimum atomic E-state index is -0.378. The van der Waals surface area contributed by atoms with Crippen LogP contribution < -0.4 is 0 Å². The quantitative estimate of drug-likeness (QED) is 0.677. The van der Waals surface area contributed by atoms with Crippen LogP contribution in [0.5, 0.6) is 0 Å². The number of hydrogen-bond donors (Lipinski definition) is 2. The molecular weight excluding hydrogens is 276 g/mol. The Kier molecular flexibility index (Phi) is 3.16. The normalized spacial score (nSPS) is 54.3. The molecule has 0 spiro atoms. The lowest BCUT2D eigenvalue weighted by molar-refractivity contribution is -0.146. The number of carbonyl (C=O) groups is 1. The van der Waals surface area contributed by atoms with Crippen molar-refractivity contribution >= 4 is 5.78 Å². The number of hydrogen-bond acceptors (Lipinski definition) is 3. The summed E-state index contributed by atoms with van der Waals surface area (Å²) in [5, 5.41) is 20.9. The molecule has 3 saturated carbocycles. The van der Waals surface area contributed by atoms with Crippen molar-refractivity contribution in [1.82, 2.24) is 0 Å². The number of aliphatic hydroxyl groups is 2. The highest BCUT2D eigenvalue weighted by Gasteiger charge is 2.61. The van der Waals surface area contributed by atoms with Crippen molar-refractivity contribution in [2.45, 2.75) is 71.0 Å². The van der Waals surface area contributed by atoms with Crippen molar-refractivity contribution in [3.8, 4) is 0 Å². The Bertz CT molecular complexity index is 539. The van der Waals surface area contributed by atoms with E-state index in [0.29, 0.717) is 30.5 Å². The molecule has 3 nitrogen and oxygen atoms in total. The van der Waals surface area contributed by atoms with Crippen LogP contribution >= 0.6 is 0 Å². The molecular formula is C19H28O3. The smallest absolute Gasteiger partial charge is 0.139 e. The lowest BCUT2D eigenvalue weighted by Crippen LogP contribution is -2.56. The Hall–Kier alpha value is -0.670. The fourth-order valence-electron chi connectivity index (χ4n) is 6.61. The molecule has 4 aliphatic carbocycles. The molecule has 3 unspecified atom stereocenters. The number of carbonyl (C=O) groups excluding carboxylic acids is 1. The van der Waals surface area contributed by atoms with E-state index in [9.17, 15) is 15.0 Å². The number of Topliss-reactive ketones (excluding diaryl/α,β-unsaturated/α-hetero) is 1. The first-order chi connectivity index (χ1) is 10.4. The number of fused-ring (bicyclic) bond motifs is 5. The number of allylic oxidation sites excluding steroid dienone is 1. The van der Waals surface area contributed by atoms with Crippen molar-refractivity contribution in [3.63, 3.8) is 0 Å². The number of rotatable bonds is 0. The van der Waals surface area contributed by atoms with Gasteiger partial charge in [0.2, 0.25) is 0 Å². The first-order valence-electron chi connectivity index (χ1n) is 8.97. The maximum atomic E-state index is 12.4. The Morgan fingerprint density at radius 2 is 1.86 bits per heavy atom. The van der Waals surface area contributed by atoms with E-state index >= 15 is 0 Å². The van der Waals surface area contributed by atoms with E-state index < -0.39 is 0 Å². The Morgan fingerprint density at radius 1 is 1.09 bits per heavy atom. The summed E-state index contributed by atoms with van der Waals surface area (Å²) in [6, 6.07) is 0. The zero-order chi connectivity index (χ0) is 15.7. The van der Waals surface area contributed by atoms with Gasteiger partial charge in [0.25, 0.3) is 0 Å². The van der Waals surface area contributed by atoms with Gasteiger partial charge in [-0.05, 0) is 61.7 Å². The van der Waals surface area contributed by atoms with E-state index in [1.54, 1.807) is 0 Å². The lowest BCUT2D eigenvalue weighted by atomic mass is 9.46. The molecule has 0 aliphatic heterocycles. The third-order valence-corrected chi connectivity index (χ3v) is 7.73. The van der Waals surface area contributed by atoms with Gasteiger partial charge in [0, 0.05) is 11.8 Å². The van der Waals surface area contributed by atoms with Crippen LogP contribution in [0.25, 0.3) is 0 Å². The van der Waals surface area contributed by atoms with Gasteiger partial charge in [-0.25, -0.2) is 0 Å². The largest absolute Gasteiger partial charge is 0.393 e. The van der Waals surface area contributed by atoms with Gasteiger partial charge in [-0.15, -0.1) is 0 Å². The molecule has 0 bridgehead atoms. The van der Waals surface area contributed by atoms with Crippen LogP contribution in [-0.2, 0) is 4.79 Å². The van der Waals surface area contributed by atoms with Crippen LogP contribution in [0.4, 0.5) is 0 Å². The van der Waals surface area contributed by atoms with Crippen molar-refractivity contribution in [1.29, 1.82) is 0 Å². The topological polar surface area (TPSA) is 57.5 Å². The summed E-state index contributed by atoms with van der Waals surface area (Å²) < 4.78 is 0. The maximum Gasteiger partial charge on any atom is 0.139 e. The maximum absolute atomic E-state index is 12.4. The van der Waals surface area contributed by atoms with Crippen LogP contribution in [0.3, 0.4) is 0 Å².